The number of carbonyl (C=O) groups is 1. The summed E-state index contributed by atoms with van der Waals surface area (Å²) in [6.45, 7) is 4.97. The average Bonchev–Trinajstić information content (AvgIpc) is 2.97. The van der Waals surface area contributed by atoms with Gasteiger partial charge in [0, 0.05) is 32.2 Å². The molecule has 0 aromatic carbocycles. The van der Waals surface area contributed by atoms with Crippen LogP contribution in [-0.2, 0) is 4.74 Å². The maximum atomic E-state index is 12.4. The number of anilines is 1. The summed E-state index contributed by atoms with van der Waals surface area (Å²) >= 11 is 0. The number of rotatable bonds is 2. The number of nitrogens with two attached hydrogens (primary N) is 1. The van der Waals surface area contributed by atoms with E-state index in [9.17, 15) is 4.79 Å². The van der Waals surface area contributed by atoms with Crippen LogP contribution in [0.25, 0.3) is 0 Å². The molecule has 1 unspecified atom stereocenters. The van der Waals surface area contributed by atoms with Crippen molar-refractivity contribution in [2.75, 3.05) is 45.1 Å². The second-order valence-corrected chi connectivity index (χ2v) is 5.17. The lowest BCUT2D eigenvalue weighted by molar-refractivity contribution is 0.0185. The van der Waals surface area contributed by atoms with E-state index in [1.165, 1.54) is 12.4 Å². The molecule has 20 heavy (non-hydrogen) atoms. The number of nitrogens with zero attached hydrogens (tertiary/aromatic N) is 4. The third-order valence-corrected chi connectivity index (χ3v) is 3.88. The average molecular weight is 277 g/mol. The Balaban J connectivity index is 1.63. The largest absolute Gasteiger partial charge is 0.382 e. The molecule has 2 aliphatic rings. The zero-order valence-electron chi connectivity index (χ0n) is 11.4. The van der Waals surface area contributed by atoms with Crippen LogP contribution in [0.3, 0.4) is 0 Å². The molecule has 0 aliphatic carbocycles. The Bertz CT molecular complexity index is 489. The highest BCUT2D eigenvalue weighted by atomic mass is 16.5. The number of morpholine rings is 1. The van der Waals surface area contributed by atoms with Crippen LogP contribution in [0.1, 0.15) is 16.9 Å². The summed E-state index contributed by atoms with van der Waals surface area (Å²) in [7, 11) is 0. The lowest BCUT2D eigenvalue weighted by Gasteiger charge is -2.32. The molecule has 3 heterocycles. The monoisotopic (exact) mass is 277 g/mol. The maximum absolute atomic E-state index is 12.4. The molecule has 0 spiro atoms. The van der Waals surface area contributed by atoms with Crippen molar-refractivity contribution in [2.45, 2.75) is 12.5 Å². The van der Waals surface area contributed by atoms with Crippen LogP contribution in [0.2, 0.25) is 0 Å². The van der Waals surface area contributed by atoms with Crippen molar-refractivity contribution in [1.82, 2.24) is 19.8 Å². The SMILES string of the molecule is Nc1cncc(C(=O)N2CCC(N3CCOCC3)C2)n1. The van der Waals surface area contributed by atoms with Gasteiger partial charge in [-0.05, 0) is 6.42 Å². The van der Waals surface area contributed by atoms with Gasteiger partial charge in [0.15, 0.2) is 0 Å². The van der Waals surface area contributed by atoms with Crippen molar-refractivity contribution in [1.29, 1.82) is 0 Å². The molecule has 1 amide bonds. The van der Waals surface area contributed by atoms with E-state index in [1.54, 1.807) is 0 Å². The van der Waals surface area contributed by atoms with E-state index >= 15 is 0 Å². The van der Waals surface area contributed by atoms with E-state index in [2.05, 4.69) is 14.9 Å². The van der Waals surface area contributed by atoms with E-state index in [1.807, 2.05) is 4.90 Å². The minimum absolute atomic E-state index is 0.0828. The van der Waals surface area contributed by atoms with Gasteiger partial charge in [0.05, 0.1) is 25.6 Å². The Morgan fingerprint density at radius 3 is 2.85 bits per heavy atom. The lowest BCUT2D eigenvalue weighted by atomic mass is 10.2. The van der Waals surface area contributed by atoms with Gasteiger partial charge >= 0.3 is 0 Å². The van der Waals surface area contributed by atoms with E-state index in [-0.39, 0.29) is 11.7 Å². The maximum Gasteiger partial charge on any atom is 0.274 e. The van der Waals surface area contributed by atoms with E-state index < -0.39 is 0 Å². The van der Waals surface area contributed by atoms with Crippen LogP contribution in [0.15, 0.2) is 12.4 Å². The molecule has 2 N–H and O–H groups in total. The number of amides is 1. The van der Waals surface area contributed by atoms with Crippen molar-refractivity contribution >= 4 is 11.7 Å². The molecule has 0 saturated carbocycles. The molecule has 2 fully saturated rings. The smallest absolute Gasteiger partial charge is 0.274 e. The molecule has 1 atom stereocenters. The first-order chi connectivity index (χ1) is 9.74. The number of carbonyl (C=O) groups excluding carboxylic acids is 1. The normalized spacial score (nSPS) is 24.0. The van der Waals surface area contributed by atoms with Crippen LogP contribution in [0.4, 0.5) is 5.82 Å². The van der Waals surface area contributed by atoms with Gasteiger partial charge in [0.1, 0.15) is 11.5 Å². The quantitative estimate of drug-likeness (QED) is 0.792. The lowest BCUT2D eigenvalue weighted by Crippen LogP contribution is -2.45. The molecule has 1 aromatic rings. The van der Waals surface area contributed by atoms with Crippen molar-refractivity contribution in [2.24, 2.45) is 0 Å². The molecule has 7 heteroatoms. The number of likely N-dealkylation sites (tertiary alicyclic amines) is 1. The fourth-order valence-corrected chi connectivity index (χ4v) is 2.81. The van der Waals surface area contributed by atoms with Crippen LogP contribution in [0.5, 0.6) is 0 Å². The molecule has 0 bridgehead atoms. The van der Waals surface area contributed by atoms with Gasteiger partial charge in [-0.25, -0.2) is 4.98 Å². The summed E-state index contributed by atoms with van der Waals surface area (Å²) in [6, 6.07) is 0.428. The molecule has 2 saturated heterocycles. The standard InChI is InChI=1S/C13H19N5O2/c14-12-8-15-7-11(16-12)13(19)18-2-1-10(9-18)17-3-5-20-6-4-17/h7-8,10H,1-6,9H2,(H2,14,16). The van der Waals surface area contributed by atoms with Crippen LogP contribution in [0, 0.1) is 0 Å². The molecule has 3 rings (SSSR count). The van der Waals surface area contributed by atoms with Crippen LogP contribution in [-0.4, -0.2) is 71.1 Å². The summed E-state index contributed by atoms with van der Waals surface area (Å²) in [5.41, 5.74) is 5.90. The topological polar surface area (TPSA) is 84.6 Å². The van der Waals surface area contributed by atoms with Crippen molar-refractivity contribution in [3.05, 3.63) is 18.1 Å². The molecule has 7 nitrogen and oxygen atoms in total. The number of hydrogen-bond acceptors (Lipinski definition) is 6. The first-order valence-electron chi connectivity index (χ1n) is 6.92. The van der Waals surface area contributed by atoms with Gasteiger partial charge < -0.3 is 15.4 Å². The first kappa shape index (κ1) is 13.3. The zero-order valence-corrected chi connectivity index (χ0v) is 11.4. The third-order valence-electron chi connectivity index (χ3n) is 3.88. The highest BCUT2D eigenvalue weighted by Crippen LogP contribution is 2.18. The highest BCUT2D eigenvalue weighted by Gasteiger charge is 2.32. The Hall–Kier alpha value is -1.73. The number of aromatic nitrogens is 2. The zero-order chi connectivity index (χ0) is 13.9. The predicted molar refractivity (Wildman–Crippen MR) is 73.1 cm³/mol. The highest BCUT2D eigenvalue weighted by molar-refractivity contribution is 5.92. The second-order valence-electron chi connectivity index (χ2n) is 5.17. The van der Waals surface area contributed by atoms with Gasteiger partial charge in [-0.15, -0.1) is 0 Å². The molecule has 0 radical (unpaired) electrons. The Kier molecular flexibility index (Phi) is 3.79. The van der Waals surface area contributed by atoms with Crippen molar-refractivity contribution in [3.63, 3.8) is 0 Å². The third kappa shape index (κ3) is 2.73. The minimum Gasteiger partial charge on any atom is -0.382 e. The molecule has 2 aliphatic heterocycles. The molecular weight excluding hydrogens is 258 g/mol. The van der Waals surface area contributed by atoms with Gasteiger partial charge in [0.2, 0.25) is 0 Å². The van der Waals surface area contributed by atoms with E-state index in [0.717, 1.165) is 45.8 Å². The van der Waals surface area contributed by atoms with Gasteiger partial charge in [-0.3, -0.25) is 14.7 Å². The summed E-state index contributed by atoms with van der Waals surface area (Å²) < 4.78 is 5.36. The molecule has 1 aromatic heterocycles. The van der Waals surface area contributed by atoms with Crippen molar-refractivity contribution in [3.8, 4) is 0 Å². The fraction of sp³-hybridized carbons (Fsp3) is 0.615. The second kappa shape index (κ2) is 5.72. The first-order valence-corrected chi connectivity index (χ1v) is 6.92. The Labute approximate surface area is 117 Å². The summed E-state index contributed by atoms with van der Waals surface area (Å²) in [5.74, 6) is 0.195. The summed E-state index contributed by atoms with van der Waals surface area (Å²) in [5, 5.41) is 0. The Morgan fingerprint density at radius 1 is 1.30 bits per heavy atom. The van der Waals surface area contributed by atoms with Gasteiger partial charge in [-0.2, -0.15) is 0 Å². The van der Waals surface area contributed by atoms with Crippen molar-refractivity contribution < 1.29 is 9.53 Å². The minimum atomic E-state index is -0.0828. The number of ether oxygens (including phenoxy) is 1. The van der Waals surface area contributed by atoms with E-state index in [4.69, 9.17) is 10.5 Å². The van der Waals surface area contributed by atoms with Crippen LogP contribution >= 0.6 is 0 Å². The van der Waals surface area contributed by atoms with Gasteiger partial charge in [-0.1, -0.05) is 0 Å². The molecule has 108 valence electrons. The summed E-state index contributed by atoms with van der Waals surface area (Å²) in [4.78, 5) is 24.6. The fourth-order valence-electron chi connectivity index (χ4n) is 2.81. The van der Waals surface area contributed by atoms with Crippen LogP contribution < -0.4 is 5.73 Å². The predicted octanol–water partition coefficient (Wildman–Crippen LogP) is -0.394. The number of hydrogen-bond donors (Lipinski definition) is 1. The molecular formula is C13H19N5O2. The van der Waals surface area contributed by atoms with Gasteiger partial charge in [0.25, 0.3) is 5.91 Å². The number of nitrogen functional groups attached to an aromatic ring is 1. The van der Waals surface area contributed by atoms with E-state index in [0.29, 0.717) is 11.7 Å². The summed E-state index contributed by atoms with van der Waals surface area (Å²) in [6.07, 6.45) is 3.92. The Morgan fingerprint density at radius 2 is 2.10 bits per heavy atom.